The van der Waals surface area contributed by atoms with Crippen LogP contribution in [-0.2, 0) is 4.79 Å². The van der Waals surface area contributed by atoms with Crippen molar-refractivity contribution in [3.05, 3.63) is 36.0 Å². The second-order valence-corrected chi connectivity index (χ2v) is 7.00. The molecule has 2 aliphatic heterocycles. The fourth-order valence-electron chi connectivity index (χ4n) is 3.71. The third kappa shape index (κ3) is 3.54. The molecule has 2 saturated heterocycles. The molecule has 27 heavy (non-hydrogen) atoms. The van der Waals surface area contributed by atoms with Gasteiger partial charge >= 0.3 is 0 Å². The van der Waals surface area contributed by atoms with Crippen LogP contribution in [-0.4, -0.2) is 60.8 Å². The molecule has 144 valence electrons. The van der Waals surface area contributed by atoms with Gasteiger partial charge in [0.1, 0.15) is 5.75 Å². The fraction of sp³-hybridized carbons (Fsp3) is 0.526. The lowest BCUT2D eigenvalue weighted by molar-refractivity contribution is -0.117. The number of piperazine rings is 1. The first-order valence-corrected chi connectivity index (χ1v) is 9.44. The summed E-state index contributed by atoms with van der Waals surface area (Å²) in [7, 11) is 2.06. The van der Waals surface area contributed by atoms with Crippen molar-refractivity contribution >= 4 is 11.6 Å². The normalized spacial score (nSPS) is 23.8. The van der Waals surface area contributed by atoms with Crippen LogP contribution in [0.2, 0.25) is 0 Å². The smallest absolute Gasteiger partial charge is 0.232 e. The molecule has 2 aromatic rings. The van der Waals surface area contributed by atoms with Crippen LogP contribution in [0.1, 0.15) is 37.0 Å². The maximum Gasteiger partial charge on any atom is 0.232 e. The van der Waals surface area contributed by atoms with Crippen molar-refractivity contribution in [3.8, 4) is 5.75 Å². The van der Waals surface area contributed by atoms with Gasteiger partial charge in [0.05, 0.1) is 24.3 Å². The lowest BCUT2D eigenvalue weighted by Gasteiger charge is -2.30. The van der Waals surface area contributed by atoms with E-state index in [-0.39, 0.29) is 17.9 Å². The molecule has 3 heterocycles. The van der Waals surface area contributed by atoms with Crippen LogP contribution in [0.15, 0.2) is 28.8 Å². The van der Waals surface area contributed by atoms with Gasteiger partial charge in [0.2, 0.25) is 11.8 Å². The Bertz CT molecular complexity index is 808. The number of likely N-dealkylation sites (N-methyl/N-ethyl adjacent to an activating group) is 1. The second kappa shape index (κ2) is 7.66. The average Bonchev–Trinajstić information content (AvgIpc) is 3.30. The first kappa shape index (κ1) is 17.9. The predicted octanol–water partition coefficient (Wildman–Crippen LogP) is 1.56. The molecule has 8 nitrogen and oxygen atoms in total. The SMILES string of the molecule is CCOc1ccccc1N1CC(c2nc(C3CNCCN3C)no2)CC1=O. The van der Waals surface area contributed by atoms with Gasteiger partial charge in [-0.25, -0.2) is 0 Å². The number of hydrogen-bond acceptors (Lipinski definition) is 7. The maximum absolute atomic E-state index is 12.6. The Morgan fingerprint density at radius 1 is 1.37 bits per heavy atom. The number of anilines is 1. The van der Waals surface area contributed by atoms with E-state index < -0.39 is 0 Å². The number of nitrogens with zero attached hydrogens (tertiary/aromatic N) is 4. The minimum atomic E-state index is -0.102. The van der Waals surface area contributed by atoms with Crippen molar-refractivity contribution in [2.75, 3.05) is 44.7 Å². The predicted molar refractivity (Wildman–Crippen MR) is 99.9 cm³/mol. The molecule has 2 unspecified atom stereocenters. The lowest BCUT2D eigenvalue weighted by Crippen LogP contribution is -2.44. The third-order valence-electron chi connectivity index (χ3n) is 5.20. The molecule has 8 heteroatoms. The Morgan fingerprint density at radius 3 is 3.04 bits per heavy atom. The van der Waals surface area contributed by atoms with Gasteiger partial charge in [-0.3, -0.25) is 9.69 Å². The summed E-state index contributed by atoms with van der Waals surface area (Å²) in [5.41, 5.74) is 0.794. The van der Waals surface area contributed by atoms with Crippen LogP contribution in [0.4, 0.5) is 5.69 Å². The van der Waals surface area contributed by atoms with E-state index in [1.165, 1.54) is 0 Å². The number of para-hydroxylation sites is 2. The summed E-state index contributed by atoms with van der Waals surface area (Å²) in [6, 6.07) is 7.72. The standard InChI is InChI=1S/C19H25N5O3/c1-3-26-16-7-5-4-6-14(16)24-12-13(10-17(24)25)19-21-18(22-27-19)15-11-20-8-9-23(15)2/h4-7,13,15,20H,3,8-12H2,1-2H3. The van der Waals surface area contributed by atoms with Crippen molar-refractivity contribution in [1.82, 2.24) is 20.4 Å². The molecule has 0 bridgehead atoms. The topological polar surface area (TPSA) is 83.7 Å². The molecule has 0 radical (unpaired) electrons. The zero-order valence-electron chi connectivity index (χ0n) is 15.7. The number of amides is 1. The molecular weight excluding hydrogens is 346 g/mol. The van der Waals surface area contributed by atoms with Crippen LogP contribution in [0.5, 0.6) is 5.75 Å². The van der Waals surface area contributed by atoms with Crippen LogP contribution in [0.25, 0.3) is 0 Å². The first-order valence-electron chi connectivity index (χ1n) is 9.44. The molecule has 2 atom stereocenters. The summed E-state index contributed by atoms with van der Waals surface area (Å²) in [5, 5.41) is 7.54. The summed E-state index contributed by atoms with van der Waals surface area (Å²) < 4.78 is 11.2. The summed E-state index contributed by atoms with van der Waals surface area (Å²) >= 11 is 0. The van der Waals surface area contributed by atoms with Gasteiger partial charge in [0, 0.05) is 32.6 Å². The van der Waals surface area contributed by atoms with Crippen LogP contribution in [0.3, 0.4) is 0 Å². The van der Waals surface area contributed by atoms with Crippen molar-refractivity contribution in [2.45, 2.75) is 25.3 Å². The number of carbonyl (C=O) groups is 1. The third-order valence-corrected chi connectivity index (χ3v) is 5.20. The van der Waals surface area contributed by atoms with E-state index in [0.717, 1.165) is 31.1 Å². The molecule has 0 spiro atoms. The van der Waals surface area contributed by atoms with E-state index in [0.29, 0.717) is 31.3 Å². The van der Waals surface area contributed by atoms with Crippen molar-refractivity contribution in [2.24, 2.45) is 0 Å². The number of carbonyl (C=O) groups excluding carboxylic acids is 1. The number of nitrogens with one attached hydrogen (secondary N) is 1. The molecule has 4 rings (SSSR count). The van der Waals surface area contributed by atoms with Crippen LogP contribution < -0.4 is 15.0 Å². The Labute approximate surface area is 158 Å². The summed E-state index contributed by atoms with van der Waals surface area (Å²) in [6.45, 7) is 5.71. The number of rotatable bonds is 5. The highest BCUT2D eigenvalue weighted by atomic mass is 16.5. The van der Waals surface area contributed by atoms with Gasteiger partial charge in [-0.15, -0.1) is 0 Å². The largest absolute Gasteiger partial charge is 0.492 e. The van der Waals surface area contributed by atoms with Crippen molar-refractivity contribution in [3.63, 3.8) is 0 Å². The van der Waals surface area contributed by atoms with Gasteiger partial charge in [0.15, 0.2) is 5.82 Å². The number of aromatic nitrogens is 2. The summed E-state index contributed by atoms with van der Waals surface area (Å²) in [5.74, 6) is 1.88. The lowest BCUT2D eigenvalue weighted by atomic mass is 10.1. The van der Waals surface area contributed by atoms with E-state index in [4.69, 9.17) is 9.26 Å². The quantitative estimate of drug-likeness (QED) is 0.854. The van der Waals surface area contributed by atoms with E-state index in [2.05, 4.69) is 27.4 Å². The Hall–Kier alpha value is -2.45. The Morgan fingerprint density at radius 2 is 2.22 bits per heavy atom. The number of ether oxygens (including phenoxy) is 1. The monoisotopic (exact) mass is 371 g/mol. The average molecular weight is 371 g/mol. The minimum Gasteiger partial charge on any atom is -0.492 e. The number of hydrogen-bond donors (Lipinski definition) is 1. The molecule has 1 N–H and O–H groups in total. The van der Waals surface area contributed by atoms with Gasteiger partial charge in [0.25, 0.3) is 0 Å². The zero-order chi connectivity index (χ0) is 18.8. The molecule has 2 aliphatic rings. The van der Waals surface area contributed by atoms with E-state index in [1.54, 1.807) is 4.90 Å². The minimum absolute atomic E-state index is 0.0448. The molecule has 2 fully saturated rings. The van der Waals surface area contributed by atoms with E-state index in [9.17, 15) is 4.79 Å². The summed E-state index contributed by atoms with van der Waals surface area (Å²) in [4.78, 5) is 21.2. The molecule has 0 aliphatic carbocycles. The number of benzene rings is 1. The van der Waals surface area contributed by atoms with Crippen LogP contribution >= 0.6 is 0 Å². The Kier molecular flexibility index (Phi) is 5.09. The molecular formula is C19H25N5O3. The molecule has 1 amide bonds. The highest BCUT2D eigenvalue weighted by Crippen LogP contribution is 2.36. The van der Waals surface area contributed by atoms with Gasteiger partial charge in [-0.2, -0.15) is 4.98 Å². The molecule has 1 aromatic carbocycles. The second-order valence-electron chi connectivity index (χ2n) is 7.00. The first-order chi connectivity index (χ1) is 13.2. The Balaban J connectivity index is 1.52. The molecule has 1 aromatic heterocycles. The summed E-state index contributed by atoms with van der Waals surface area (Å²) in [6.07, 6.45) is 0.362. The highest BCUT2D eigenvalue weighted by molar-refractivity contribution is 5.97. The van der Waals surface area contributed by atoms with E-state index >= 15 is 0 Å². The zero-order valence-corrected chi connectivity index (χ0v) is 15.7. The van der Waals surface area contributed by atoms with Gasteiger partial charge in [-0.05, 0) is 26.1 Å². The maximum atomic E-state index is 12.6. The highest BCUT2D eigenvalue weighted by Gasteiger charge is 2.37. The van der Waals surface area contributed by atoms with Crippen molar-refractivity contribution < 1.29 is 14.1 Å². The van der Waals surface area contributed by atoms with Crippen LogP contribution in [0, 0.1) is 0 Å². The molecule has 0 saturated carbocycles. The van der Waals surface area contributed by atoms with E-state index in [1.807, 2.05) is 31.2 Å². The fourth-order valence-corrected chi connectivity index (χ4v) is 3.71. The van der Waals surface area contributed by atoms with Crippen molar-refractivity contribution in [1.29, 1.82) is 0 Å². The van der Waals surface area contributed by atoms with Gasteiger partial charge in [-0.1, -0.05) is 17.3 Å². The van der Waals surface area contributed by atoms with Gasteiger partial charge < -0.3 is 19.5 Å².